The predicted molar refractivity (Wildman–Crippen MR) is 87.7 cm³/mol. The van der Waals surface area contributed by atoms with Crippen LogP contribution in [-0.4, -0.2) is 38.0 Å². The second-order valence-corrected chi connectivity index (χ2v) is 8.67. The molecule has 1 saturated heterocycles. The molecule has 1 aromatic rings. The van der Waals surface area contributed by atoms with Crippen LogP contribution in [0.5, 0.6) is 0 Å². The van der Waals surface area contributed by atoms with E-state index in [1.807, 2.05) is 30.3 Å². The number of carbonyl (C=O) groups is 1. The molecular weight excluding hydrogens is 314 g/mol. The average molecular weight is 337 g/mol. The molecule has 5 nitrogen and oxygen atoms in total. The quantitative estimate of drug-likeness (QED) is 0.892. The summed E-state index contributed by atoms with van der Waals surface area (Å²) < 4.78 is 29.2. The number of hydrogen-bond acceptors (Lipinski definition) is 4. The van der Waals surface area contributed by atoms with Crippen LogP contribution in [0.1, 0.15) is 43.8 Å². The summed E-state index contributed by atoms with van der Waals surface area (Å²) >= 11 is 0. The largest absolute Gasteiger partial charge is 0.360 e. The minimum Gasteiger partial charge on any atom is -0.360 e. The Morgan fingerprint density at radius 3 is 2.43 bits per heavy atom. The molecule has 0 aromatic heterocycles. The van der Waals surface area contributed by atoms with E-state index in [4.69, 9.17) is 4.74 Å². The molecule has 126 valence electrons. The number of rotatable bonds is 5. The molecule has 2 fully saturated rings. The zero-order chi connectivity index (χ0) is 16.3. The third-order valence-corrected chi connectivity index (χ3v) is 6.32. The van der Waals surface area contributed by atoms with E-state index in [0.717, 1.165) is 31.2 Å². The van der Waals surface area contributed by atoms with Gasteiger partial charge in [0, 0.05) is 6.04 Å². The maximum atomic E-state index is 12.7. The van der Waals surface area contributed by atoms with Crippen molar-refractivity contribution in [3.8, 4) is 0 Å². The summed E-state index contributed by atoms with van der Waals surface area (Å²) in [5, 5.41) is 2.86. The van der Waals surface area contributed by atoms with E-state index in [0.29, 0.717) is 6.42 Å². The zero-order valence-electron chi connectivity index (χ0n) is 13.1. The average Bonchev–Trinajstić information content (AvgIpc) is 3.15. The first-order chi connectivity index (χ1) is 11.0. The van der Waals surface area contributed by atoms with Crippen LogP contribution in [-0.2, 0) is 19.4 Å². The Balaban J connectivity index is 1.70. The Bertz CT molecular complexity index is 638. The minimum atomic E-state index is -3.01. The van der Waals surface area contributed by atoms with Crippen molar-refractivity contribution in [1.82, 2.24) is 5.32 Å². The lowest BCUT2D eigenvalue weighted by atomic mass is 10.1. The van der Waals surface area contributed by atoms with E-state index in [1.165, 1.54) is 0 Å². The van der Waals surface area contributed by atoms with E-state index in [2.05, 4.69) is 5.32 Å². The van der Waals surface area contributed by atoms with E-state index < -0.39 is 15.9 Å². The molecule has 0 spiro atoms. The van der Waals surface area contributed by atoms with Crippen LogP contribution in [0.3, 0.4) is 0 Å². The lowest BCUT2D eigenvalue weighted by molar-refractivity contribution is -0.137. The molecule has 1 amide bonds. The van der Waals surface area contributed by atoms with Crippen LogP contribution < -0.4 is 5.32 Å². The summed E-state index contributed by atoms with van der Waals surface area (Å²) in [5.41, 5.74) is 0.817. The minimum absolute atomic E-state index is 0.0314. The normalized spacial score (nSPS) is 25.3. The molecule has 2 aliphatic rings. The first-order valence-electron chi connectivity index (χ1n) is 8.25. The van der Waals surface area contributed by atoms with Crippen molar-refractivity contribution in [2.75, 3.05) is 11.5 Å². The summed E-state index contributed by atoms with van der Waals surface area (Å²) in [7, 11) is -3.01. The van der Waals surface area contributed by atoms with E-state index in [-0.39, 0.29) is 29.6 Å². The Morgan fingerprint density at radius 2 is 1.83 bits per heavy atom. The number of sulfone groups is 1. The fraction of sp³-hybridized carbons (Fsp3) is 0.588. The van der Waals surface area contributed by atoms with Crippen LogP contribution >= 0.6 is 0 Å². The fourth-order valence-corrected chi connectivity index (χ4v) is 5.00. The van der Waals surface area contributed by atoms with Gasteiger partial charge in [0.2, 0.25) is 0 Å². The van der Waals surface area contributed by atoms with Gasteiger partial charge in [0.25, 0.3) is 5.91 Å². The number of benzene rings is 1. The summed E-state index contributed by atoms with van der Waals surface area (Å²) in [5.74, 6) is -0.0496. The van der Waals surface area contributed by atoms with Crippen LogP contribution in [0.4, 0.5) is 0 Å². The number of amides is 1. The van der Waals surface area contributed by atoms with Crippen molar-refractivity contribution >= 4 is 15.7 Å². The monoisotopic (exact) mass is 337 g/mol. The van der Waals surface area contributed by atoms with Crippen LogP contribution in [0, 0.1) is 0 Å². The highest BCUT2D eigenvalue weighted by Gasteiger charge is 2.33. The Hall–Kier alpha value is -1.40. The SMILES string of the molecule is O=C(NC1CCS(=O)(=O)C1)C(OC1CCCC1)c1ccccc1. The highest BCUT2D eigenvalue weighted by atomic mass is 32.2. The van der Waals surface area contributed by atoms with E-state index in [1.54, 1.807) is 0 Å². The standard InChI is InChI=1S/C17H23NO4S/c19-17(18-14-10-11-23(20,21)12-14)16(13-6-2-1-3-7-13)22-15-8-4-5-9-15/h1-3,6-7,14-16H,4-5,8-12H2,(H,18,19). The fourth-order valence-electron chi connectivity index (χ4n) is 3.32. The van der Waals surface area contributed by atoms with Gasteiger partial charge in [-0.05, 0) is 24.8 Å². The summed E-state index contributed by atoms with van der Waals surface area (Å²) in [6.07, 6.45) is 4.16. The van der Waals surface area contributed by atoms with Crippen molar-refractivity contribution < 1.29 is 17.9 Å². The van der Waals surface area contributed by atoms with Crippen LogP contribution in [0.2, 0.25) is 0 Å². The third kappa shape index (κ3) is 4.32. The smallest absolute Gasteiger partial charge is 0.254 e. The van der Waals surface area contributed by atoms with Crippen molar-refractivity contribution in [1.29, 1.82) is 0 Å². The lowest BCUT2D eigenvalue weighted by Crippen LogP contribution is -2.40. The van der Waals surface area contributed by atoms with Gasteiger partial charge in [-0.1, -0.05) is 43.2 Å². The Labute approximate surface area is 137 Å². The lowest BCUT2D eigenvalue weighted by Gasteiger charge is -2.23. The van der Waals surface area contributed by atoms with E-state index in [9.17, 15) is 13.2 Å². The molecule has 6 heteroatoms. The van der Waals surface area contributed by atoms with Gasteiger partial charge < -0.3 is 10.1 Å². The Morgan fingerprint density at radius 1 is 1.13 bits per heavy atom. The maximum Gasteiger partial charge on any atom is 0.254 e. The van der Waals surface area contributed by atoms with Crippen LogP contribution in [0.15, 0.2) is 30.3 Å². The molecule has 0 bridgehead atoms. The predicted octanol–water partition coefficient (Wildman–Crippen LogP) is 1.99. The first kappa shape index (κ1) is 16.5. The second-order valence-electron chi connectivity index (χ2n) is 6.44. The number of ether oxygens (including phenoxy) is 1. The molecule has 0 radical (unpaired) electrons. The van der Waals surface area contributed by atoms with Crippen molar-refractivity contribution in [2.24, 2.45) is 0 Å². The Kier molecular flexibility index (Phi) is 5.02. The summed E-state index contributed by atoms with van der Waals surface area (Å²) in [6, 6.07) is 9.12. The van der Waals surface area contributed by atoms with Gasteiger partial charge in [0.1, 0.15) is 0 Å². The molecule has 2 unspecified atom stereocenters. The molecule has 1 aliphatic heterocycles. The highest BCUT2D eigenvalue weighted by Crippen LogP contribution is 2.28. The van der Waals surface area contributed by atoms with Crippen molar-refractivity contribution in [3.05, 3.63) is 35.9 Å². The second kappa shape index (κ2) is 7.01. The molecule has 1 aliphatic carbocycles. The number of nitrogens with one attached hydrogen (secondary N) is 1. The molecule has 1 saturated carbocycles. The molecule has 1 N–H and O–H groups in total. The molecule has 2 atom stereocenters. The summed E-state index contributed by atoms with van der Waals surface area (Å²) in [6.45, 7) is 0. The number of hydrogen-bond donors (Lipinski definition) is 1. The van der Waals surface area contributed by atoms with Crippen molar-refractivity contribution in [3.63, 3.8) is 0 Å². The van der Waals surface area contributed by atoms with E-state index >= 15 is 0 Å². The van der Waals surface area contributed by atoms with Gasteiger partial charge in [-0.15, -0.1) is 0 Å². The molecular formula is C17H23NO4S. The van der Waals surface area contributed by atoms with Gasteiger partial charge in [-0.25, -0.2) is 8.42 Å². The van der Waals surface area contributed by atoms with Gasteiger partial charge >= 0.3 is 0 Å². The van der Waals surface area contributed by atoms with Gasteiger partial charge in [-0.3, -0.25) is 4.79 Å². The van der Waals surface area contributed by atoms with Crippen molar-refractivity contribution in [2.45, 2.75) is 50.4 Å². The van der Waals surface area contributed by atoms with Gasteiger partial charge in [0.15, 0.2) is 15.9 Å². The third-order valence-electron chi connectivity index (χ3n) is 4.55. The first-order valence-corrected chi connectivity index (χ1v) is 10.1. The highest BCUT2D eigenvalue weighted by molar-refractivity contribution is 7.91. The van der Waals surface area contributed by atoms with Crippen LogP contribution in [0.25, 0.3) is 0 Å². The topological polar surface area (TPSA) is 72.5 Å². The zero-order valence-corrected chi connectivity index (χ0v) is 13.9. The van der Waals surface area contributed by atoms with Gasteiger partial charge in [0.05, 0.1) is 17.6 Å². The molecule has 1 heterocycles. The van der Waals surface area contributed by atoms with Gasteiger partial charge in [-0.2, -0.15) is 0 Å². The maximum absolute atomic E-state index is 12.7. The molecule has 3 rings (SSSR count). The molecule has 1 aromatic carbocycles. The summed E-state index contributed by atoms with van der Waals surface area (Å²) in [4.78, 5) is 12.7. The molecule has 23 heavy (non-hydrogen) atoms. The number of carbonyl (C=O) groups excluding carboxylic acids is 1.